The minimum atomic E-state index is -0.00917. The van der Waals surface area contributed by atoms with Crippen molar-refractivity contribution < 1.29 is 0 Å². The maximum atomic E-state index is 5.61. The lowest BCUT2D eigenvalue weighted by molar-refractivity contribution is 1.65. The molecule has 1 aromatic rings. The Kier molecular flexibility index (Phi) is 4.18. The predicted molar refractivity (Wildman–Crippen MR) is 57.9 cm³/mol. The molecule has 1 rings (SSSR count). The van der Waals surface area contributed by atoms with Crippen LogP contribution in [0.4, 0.5) is 0 Å². The summed E-state index contributed by atoms with van der Waals surface area (Å²) in [6.45, 7) is 0. The second-order valence-electron chi connectivity index (χ2n) is 2.19. The van der Waals surface area contributed by atoms with Gasteiger partial charge in [-0.1, -0.05) is 58.9 Å². The van der Waals surface area contributed by atoms with Gasteiger partial charge < -0.3 is 0 Å². The largest absolute Gasteiger partial charge is 0.133 e. The first-order chi connectivity index (χ1) is 6.20. The Balaban J connectivity index is 2.86. The average Bonchev–Trinajstić information content (AvgIpc) is 2.15. The maximum Gasteiger partial charge on any atom is 0.133 e. The molecule has 13 heavy (non-hydrogen) atoms. The summed E-state index contributed by atoms with van der Waals surface area (Å²) < 4.78 is -0.00917. The van der Waals surface area contributed by atoms with Gasteiger partial charge in [0.25, 0.3) is 0 Å². The Morgan fingerprint density at radius 2 is 1.62 bits per heavy atom. The smallest absolute Gasteiger partial charge is 0.0718 e. The van der Waals surface area contributed by atoms with Crippen LogP contribution in [0.15, 0.2) is 39.9 Å². The number of hydrogen-bond acceptors (Lipinski definition) is 0. The highest BCUT2D eigenvalue weighted by Crippen LogP contribution is 2.16. The Morgan fingerprint density at radius 1 is 1.00 bits per heavy atom. The molecule has 0 aromatic heterocycles. The molecule has 66 valence electrons. The van der Waals surface area contributed by atoms with Gasteiger partial charge in [0, 0.05) is 5.56 Å². The van der Waals surface area contributed by atoms with Gasteiger partial charge in [0.1, 0.15) is 9.52 Å². The number of halogens is 3. The van der Waals surface area contributed by atoms with Crippen LogP contribution in [0.1, 0.15) is 5.56 Å². The Hall–Kier alpha value is -0.610. The van der Waals surface area contributed by atoms with Crippen molar-refractivity contribution >= 4 is 34.8 Å². The zero-order valence-electron chi connectivity index (χ0n) is 6.52. The lowest BCUT2D eigenvalue weighted by atomic mass is 10.2. The summed E-state index contributed by atoms with van der Waals surface area (Å²) in [5.41, 5.74) is 0.871. The van der Waals surface area contributed by atoms with Gasteiger partial charge in [-0.25, -0.2) is 0 Å². The third kappa shape index (κ3) is 3.74. The topological polar surface area (TPSA) is 0 Å². The summed E-state index contributed by atoms with van der Waals surface area (Å²) in [5, 5.41) is 0.159. The summed E-state index contributed by atoms with van der Waals surface area (Å²) in [7, 11) is 0. The van der Waals surface area contributed by atoms with Crippen LogP contribution in [0.5, 0.6) is 0 Å². The molecule has 0 saturated carbocycles. The predicted octanol–water partition coefficient (Wildman–Crippen LogP) is 3.92. The first kappa shape index (κ1) is 10.5. The quantitative estimate of drug-likeness (QED) is 0.594. The number of hydrogen-bond donors (Lipinski definition) is 0. The molecule has 0 spiro atoms. The van der Waals surface area contributed by atoms with E-state index in [0.29, 0.717) is 0 Å². The van der Waals surface area contributed by atoms with Gasteiger partial charge in [-0.05, 0) is 18.1 Å². The van der Waals surface area contributed by atoms with Crippen molar-refractivity contribution in [3.8, 4) is 11.8 Å². The summed E-state index contributed by atoms with van der Waals surface area (Å²) in [5.74, 6) is 5.45. The fourth-order valence-corrected chi connectivity index (χ4v) is 0.838. The van der Waals surface area contributed by atoms with Crippen molar-refractivity contribution in [3.63, 3.8) is 0 Å². The van der Waals surface area contributed by atoms with E-state index in [1.165, 1.54) is 0 Å². The minimum absolute atomic E-state index is 0.00917. The molecule has 0 saturated heterocycles. The molecule has 0 nitrogen and oxygen atoms in total. The van der Waals surface area contributed by atoms with Gasteiger partial charge in [0.05, 0.1) is 0 Å². The van der Waals surface area contributed by atoms with E-state index in [9.17, 15) is 0 Å². The molecule has 0 aliphatic heterocycles. The van der Waals surface area contributed by atoms with Crippen molar-refractivity contribution in [2.24, 2.45) is 0 Å². The zero-order chi connectivity index (χ0) is 9.68. The highest BCUT2D eigenvalue weighted by atomic mass is 35.5. The van der Waals surface area contributed by atoms with Crippen LogP contribution in [0, 0.1) is 11.8 Å². The molecule has 0 unspecified atom stereocenters. The molecule has 0 aliphatic rings. The van der Waals surface area contributed by atoms with Gasteiger partial charge in [0.15, 0.2) is 0 Å². The molecule has 0 bridgehead atoms. The average molecular weight is 232 g/mol. The molecule has 0 radical (unpaired) electrons. The zero-order valence-corrected chi connectivity index (χ0v) is 8.79. The van der Waals surface area contributed by atoms with Crippen molar-refractivity contribution in [2.75, 3.05) is 0 Å². The molecule has 0 N–H and O–H groups in total. The van der Waals surface area contributed by atoms with Gasteiger partial charge in [-0.2, -0.15) is 0 Å². The van der Waals surface area contributed by atoms with Crippen LogP contribution in [0.2, 0.25) is 0 Å². The molecule has 1 aromatic carbocycles. The third-order valence-corrected chi connectivity index (χ3v) is 2.11. The molecule has 0 aliphatic carbocycles. The van der Waals surface area contributed by atoms with Crippen molar-refractivity contribution in [1.82, 2.24) is 0 Å². The number of allylic oxidation sites excluding steroid dienone is 1. The molecule has 0 heterocycles. The fraction of sp³-hybridized carbons (Fsp3) is 0. The standard InChI is InChI=1S/C10H5Cl3/c11-9(10(12)13)7-6-8-4-2-1-3-5-8/h1-5H. The van der Waals surface area contributed by atoms with E-state index in [2.05, 4.69) is 11.8 Å². The monoisotopic (exact) mass is 230 g/mol. The van der Waals surface area contributed by atoms with Crippen LogP contribution in [0.3, 0.4) is 0 Å². The second kappa shape index (κ2) is 5.19. The van der Waals surface area contributed by atoms with E-state index >= 15 is 0 Å². The lowest BCUT2D eigenvalue weighted by Gasteiger charge is -1.86. The molecule has 3 heteroatoms. The van der Waals surface area contributed by atoms with E-state index in [-0.39, 0.29) is 9.52 Å². The van der Waals surface area contributed by atoms with Gasteiger partial charge in [0.2, 0.25) is 0 Å². The van der Waals surface area contributed by atoms with Gasteiger partial charge in [-0.15, -0.1) is 0 Å². The van der Waals surface area contributed by atoms with Crippen LogP contribution in [0.25, 0.3) is 0 Å². The number of rotatable bonds is 0. The first-order valence-corrected chi connectivity index (χ1v) is 4.61. The van der Waals surface area contributed by atoms with E-state index < -0.39 is 0 Å². The van der Waals surface area contributed by atoms with Crippen molar-refractivity contribution in [2.45, 2.75) is 0 Å². The minimum Gasteiger partial charge on any atom is -0.0718 e. The van der Waals surface area contributed by atoms with Crippen LogP contribution in [-0.2, 0) is 0 Å². The van der Waals surface area contributed by atoms with E-state index in [0.717, 1.165) is 5.56 Å². The maximum absolute atomic E-state index is 5.61. The normalized spacial score (nSPS) is 8.54. The Labute approximate surface area is 92.1 Å². The molecule has 0 atom stereocenters. The molecule has 0 amide bonds. The molecular weight excluding hydrogens is 226 g/mol. The second-order valence-corrected chi connectivity index (χ2v) is 3.52. The van der Waals surface area contributed by atoms with Crippen molar-refractivity contribution in [3.05, 3.63) is 45.4 Å². The Bertz CT molecular complexity index is 364. The van der Waals surface area contributed by atoms with Gasteiger partial charge >= 0.3 is 0 Å². The fourth-order valence-electron chi connectivity index (χ4n) is 0.696. The summed E-state index contributed by atoms with van der Waals surface area (Å²) in [6, 6.07) is 9.45. The van der Waals surface area contributed by atoms with Crippen LogP contribution < -0.4 is 0 Å². The Morgan fingerprint density at radius 3 is 2.15 bits per heavy atom. The molecule has 0 fully saturated rings. The highest BCUT2D eigenvalue weighted by molar-refractivity contribution is 6.60. The van der Waals surface area contributed by atoms with Crippen LogP contribution in [-0.4, -0.2) is 0 Å². The van der Waals surface area contributed by atoms with E-state index in [4.69, 9.17) is 34.8 Å². The van der Waals surface area contributed by atoms with E-state index in [1.54, 1.807) is 0 Å². The summed E-state index contributed by atoms with van der Waals surface area (Å²) in [4.78, 5) is 0. The third-order valence-electron chi connectivity index (χ3n) is 1.26. The van der Waals surface area contributed by atoms with Crippen LogP contribution >= 0.6 is 34.8 Å². The molecular formula is C10H5Cl3. The van der Waals surface area contributed by atoms with E-state index in [1.807, 2.05) is 30.3 Å². The number of benzene rings is 1. The van der Waals surface area contributed by atoms with Gasteiger partial charge in [-0.3, -0.25) is 0 Å². The SMILES string of the molecule is ClC(Cl)=C(Cl)C#Cc1ccccc1. The lowest BCUT2D eigenvalue weighted by Crippen LogP contribution is -1.71. The first-order valence-electron chi connectivity index (χ1n) is 3.48. The highest BCUT2D eigenvalue weighted by Gasteiger charge is 1.91. The summed E-state index contributed by atoms with van der Waals surface area (Å²) in [6.07, 6.45) is 0. The van der Waals surface area contributed by atoms with Crippen molar-refractivity contribution in [1.29, 1.82) is 0 Å². The summed E-state index contributed by atoms with van der Waals surface area (Å²) >= 11 is 16.4.